The van der Waals surface area contributed by atoms with Crippen LogP contribution in [-0.2, 0) is 0 Å². The molecule has 2 aromatic carbocycles. The molecular formula is C13H15Cl2FN4. The van der Waals surface area contributed by atoms with Crippen LogP contribution in [0.3, 0.4) is 0 Å². The lowest BCUT2D eigenvalue weighted by molar-refractivity contribution is 0.629. The zero-order valence-electron chi connectivity index (χ0n) is 10.8. The van der Waals surface area contributed by atoms with Crippen LogP contribution in [0.1, 0.15) is 5.56 Å². The Kier molecular flexibility index (Phi) is 5.30. The highest BCUT2D eigenvalue weighted by molar-refractivity contribution is 6.33. The third-order valence-electron chi connectivity index (χ3n) is 2.53. The van der Waals surface area contributed by atoms with Gasteiger partial charge in [-0.05, 0) is 36.8 Å². The molecule has 0 atom stereocenters. The van der Waals surface area contributed by atoms with Crippen molar-refractivity contribution in [2.45, 2.75) is 6.92 Å². The van der Waals surface area contributed by atoms with Gasteiger partial charge >= 0.3 is 0 Å². The van der Waals surface area contributed by atoms with Gasteiger partial charge in [0.25, 0.3) is 0 Å². The molecule has 0 heterocycles. The van der Waals surface area contributed by atoms with Crippen molar-refractivity contribution in [3.63, 3.8) is 0 Å². The Bertz CT molecular complexity index is 530. The van der Waals surface area contributed by atoms with Crippen molar-refractivity contribution in [2.24, 2.45) is 0 Å². The molecule has 0 spiro atoms. The third-order valence-corrected chi connectivity index (χ3v) is 3.24. The van der Waals surface area contributed by atoms with Crippen LogP contribution in [0.4, 0.5) is 27.1 Å². The molecule has 4 nitrogen and oxygen atoms in total. The highest BCUT2D eigenvalue weighted by Crippen LogP contribution is 2.25. The van der Waals surface area contributed by atoms with Crippen LogP contribution in [0.5, 0.6) is 0 Å². The lowest BCUT2D eigenvalue weighted by atomic mass is 10.2. The molecule has 0 aliphatic carbocycles. The van der Waals surface area contributed by atoms with Gasteiger partial charge in [0.2, 0.25) is 0 Å². The first-order valence-electron chi connectivity index (χ1n) is 5.53. The van der Waals surface area contributed by atoms with E-state index >= 15 is 0 Å². The van der Waals surface area contributed by atoms with Crippen molar-refractivity contribution in [3.05, 3.63) is 45.7 Å². The summed E-state index contributed by atoms with van der Waals surface area (Å²) in [7, 11) is 0. The summed E-state index contributed by atoms with van der Waals surface area (Å²) in [6.45, 7) is 1.86. The Balaban J connectivity index is 0.000000200. The van der Waals surface area contributed by atoms with E-state index in [1.54, 1.807) is 12.1 Å². The summed E-state index contributed by atoms with van der Waals surface area (Å²) < 4.78 is 12.4. The Morgan fingerprint density at radius 3 is 1.95 bits per heavy atom. The van der Waals surface area contributed by atoms with Crippen LogP contribution in [0.15, 0.2) is 24.3 Å². The summed E-state index contributed by atoms with van der Waals surface area (Å²) in [4.78, 5) is 0. The molecule has 0 radical (unpaired) electrons. The van der Waals surface area contributed by atoms with Gasteiger partial charge in [-0.2, -0.15) is 0 Å². The largest absolute Gasteiger partial charge is 0.399 e. The average molecular weight is 317 g/mol. The van der Waals surface area contributed by atoms with Crippen molar-refractivity contribution in [1.29, 1.82) is 0 Å². The second-order valence-corrected chi connectivity index (χ2v) is 4.92. The van der Waals surface area contributed by atoms with Gasteiger partial charge in [0.05, 0.1) is 16.4 Å². The fourth-order valence-corrected chi connectivity index (χ4v) is 1.78. The number of benzene rings is 2. The van der Waals surface area contributed by atoms with Crippen LogP contribution in [0, 0.1) is 12.7 Å². The molecule has 20 heavy (non-hydrogen) atoms. The maximum Gasteiger partial charge on any atom is 0.126 e. The van der Waals surface area contributed by atoms with Gasteiger partial charge in [-0.3, -0.25) is 0 Å². The Labute approximate surface area is 126 Å². The van der Waals surface area contributed by atoms with Gasteiger partial charge in [-0.1, -0.05) is 23.2 Å². The molecule has 0 saturated carbocycles. The van der Waals surface area contributed by atoms with Gasteiger partial charge in [-0.25, -0.2) is 4.39 Å². The van der Waals surface area contributed by atoms with Crippen LogP contribution < -0.4 is 22.9 Å². The SMILES string of the molecule is Cc1c(N)cc(N)cc1Cl.Nc1cc(F)cc(Cl)c1N. The Hall–Kier alpha value is -1.85. The highest BCUT2D eigenvalue weighted by Gasteiger charge is 2.02. The Morgan fingerprint density at radius 2 is 1.45 bits per heavy atom. The van der Waals surface area contributed by atoms with Crippen LogP contribution in [0.25, 0.3) is 0 Å². The second kappa shape index (κ2) is 6.54. The van der Waals surface area contributed by atoms with E-state index in [0.717, 1.165) is 17.7 Å². The summed E-state index contributed by atoms with van der Waals surface area (Å²) in [5.41, 5.74) is 24.1. The third kappa shape index (κ3) is 4.08. The first-order chi connectivity index (χ1) is 9.22. The van der Waals surface area contributed by atoms with E-state index in [0.29, 0.717) is 16.4 Å². The van der Waals surface area contributed by atoms with Crippen molar-refractivity contribution in [3.8, 4) is 0 Å². The molecule has 0 bridgehead atoms. The highest BCUT2D eigenvalue weighted by atomic mass is 35.5. The van der Waals surface area contributed by atoms with Crippen molar-refractivity contribution < 1.29 is 4.39 Å². The summed E-state index contributed by atoms with van der Waals surface area (Å²) in [5.74, 6) is -0.475. The predicted molar refractivity (Wildman–Crippen MR) is 85.2 cm³/mol. The zero-order valence-corrected chi connectivity index (χ0v) is 12.3. The van der Waals surface area contributed by atoms with Crippen molar-refractivity contribution in [1.82, 2.24) is 0 Å². The summed E-state index contributed by atoms with van der Waals surface area (Å²) >= 11 is 11.2. The first kappa shape index (κ1) is 16.2. The number of anilines is 4. The average Bonchev–Trinajstić information content (AvgIpc) is 2.33. The molecule has 108 valence electrons. The Morgan fingerprint density at radius 1 is 0.850 bits per heavy atom. The van der Waals surface area contributed by atoms with Gasteiger partial charge in [0.1, 0.15) is 5.82 Å². The summed E-state index contributed by atoms with van der Waals surface area (Å²) in [5, 5.41) is 0.773. The fourth-order valence-electron chi connectivity index (χ4n) is 1.33. The lowest BCUT2D eigenvalue weighted by Gasteiger charge is -2.02. The number of hydrogen-bond donors (Lipinski definition) is 4. The molecule has 0 aromatic heterocycles. The van der Waals surface area contributed by atoms with Crippen LogP contribution >= 0.6 is 23.2 Å². The number of nitrogens with two attached hydrogens (primary N) is 4. The minimum atomic E-state index is -0.475. The molecule has 0 fully saturated rings. The van der Waals surface area contributed by atoms with Gasteiger partial charge in [-0.15, -0.1) is 0 Å². The summed E-state index contributed by atoms with van der Waals surface area (Å²) in [6, 6.07) is 5.63. The smallest absolute Gasteiger partial charge is 0.126 e. The topological polar surface area (TPSA) is 104 Å². The monoisotopic (exact) mass is 316 g/mol. The minimum absolute atomic E-state index is 0.150. The summed E-state index contributed by atoms with van der Waals surface area (Å²) in [6.07, 6.45) is 0. The van der Waals surface area contributed by atoms with Gasteiger partial charge in [0, 0.05) is 16.4 Å². The van der Waals surface area contributed by atoms with E-state index in [9.17, 15) is 4.39 Å². The van der Waals surface area contributed by atoms with Gasteiger partial charge < -0.3 is 22.9 Å². The van der Waals surface area contributed by atoms with Crippen LogP contribution in [-0.4, -0.2) is 0 Å². The molecule has 0 amide bonds. The first-order valence-corrected chi connectivity index (χ1v) is 6.29. The van der Waals surface area contributed by atoms with Gasteiger partial charge in [0.15, 0.2) is 0 Å². The normalized spacial score (nSPS) is 9.80. The number of nitrogen functional groups attached to an aromatic ring is 4. The molecule has 0 aliphatic heterocycles. The van der Waals surface area contributed by atoms with E-state index < -0.39 is 5.82 Å². The number of rotatable bonds is 0. The van der Waals surface area contributed by atoms with E-state index in [2.05, 4.69) is 0 Å². The van der Waals surface area contributed by atoms with E-state index in [1.807, 2.05) is 6.92 Å². The second-order valence-electron chi connectivity index (χ2n) is 4.11. The quantitative estimate of drug-likeness (QED) is 0.559. The lowest BCUT2D eigenvalue weighted by Crippen LogP contribution is -1.95. The molecule has 0 saturated heterocycles. The zero-order chi connectivity index (χ0) is 15.4. The number of hydrogen-bond acceptors (Lipinski definition) is 4. The molecule has 7 heteroatoms. The van der Waals surface area contributed by atoms with E-state index in [1.165, 1.54) is 0 Å². The van der Waals surface area contributed by atoms with Crippen LogP contribution in [0.2, 0.25) is 10.0 Å². The van der Waals surface area contributed by atoms with E-state index in [-0.39, 0.29) is 16.4 Å². The maximum atomic E-state index is 12.4. The minimum Gasteiger partial charge on any atom is -0.399 e. The maximum absolute atomic E-state index is 12.4. The van der Waals surface area contributed by atoms with E-state index in [4.69, 9.17) is 46.1 Å². The molecule has 8 N–H and O–H groups in total. The predicted octanol–water partition coefficient (Wildman–Crippen LogP) is 3.46. The van der Waals surface area contributed by atoms with Crippen molar-refractivity contribution in [2.75, 3.05) is 22.9 Å². The van der Waals surface area contributed by atoms with Crippen molar-refractivity contribution >= 4 is 46.0 Å². The number of halogens is 3. The molecule has 0 aliphatic rings. The molecule has 0 unspecified atom stereocenters. The fraction of sp³-hybridized carbons (Fsp3) is 0.0769. The molecule has 2 aromatic rings. The molecule has 2 rings (SSSR count). The standard InChI is InChI=1S/C7H9ClN2.C6H6ClFN2/c1-4-6(8)2-5(9)3-7(4)10;7-4-1-3(8)2-5(9)6(4)10/h2-3H,9-10H2,1H3;1-2H,9-10H2. The molecular weight excluding hydrogens is 302 g/mol.